The highest BCUT2D eigenvalue weighted by Gasteiger charge is 2.29. The van der Waals surface area contributed by atoms with E-state index in [4.69, 9.17) is 4.98 Å². The van der Waals surface area contributed by atoms with Gasteiger partial charge in [-0.15, -0.1) is 21.5 Å². The fourth-order valence-electron chi connectivity index (χ4n) is 4.36. The first-order valence-electron chi connectivity index (χ1n) is 9.23. The van der Waals surface area contributed by atoms with Gasteiger partial charge in [-0.25, -0.2) is 9.97 Å². The van der Waals surface area contributed by atoms with E-state index in [0.717, 1.165) is 36.1 Å². The van der Waals surface area contributed by atoms with Crippen molar-refractivity contribution in [3.05, 3.63) is 28.9 Å². The maximum absolute atomic E-state index is 4.72. The van der Waals surface area contributed by atoms with Crippen LogP contribution in [0.5, 0.6) is 0 Å². The van der Waals surface area contributed by atoms with Gasteiger partial charge in [-0.2, -0.15) is 0 Å². The van der Waals surface area contributed by atoms with Crippen molar-refractivity contribution in [2.75, 3.05) is 18.0 Å². The van der Waals surface area contributed by atoms with Crippen molar-refractivity contribution in [2.24, 2.45) is 0 Å². The minimum atomic E-state index is 0.424. The third kappa shape index (κ3) is 2.44. The first-order chi connectivity index (χ1) is 12.3. The summed E-state index contributed by atoms with van der Waals surface area (Å²) in [4.78, 5) is 14.4. The SMILES string of the molecule is CCn1cnnc1[C@@H]1CCCN(c2ncnc3sc4c(c23)CCC4)C1. The molecule has 1 saturated heterocycles. The van der Waals surface area contributed by atoms with Crippen LogP contribution in [0, 0.1) is 0 Å². The molecule has 25 heavy (non-hydrogen) atoms. The number of piperidine rings is 1. The molecule has 0 unspecified atom stereocenters. The van der Waals surface area contributed by atoms with Crippen LogP contribution >= 0.6 is 11.3 Å². The van der Waals surface area contributed by atoms with E-state index in [1.165, 1.54) is 47.9 Å². The molecule has 0 bridgehead atoms. The third-order valence-electron chi connectivity index (χ3n) is 5.55. The predicted octanol–water partition coefficient (Wildman–Crippen LogP) is 3.18. The van der Waals surface area contributed by atoms with Gasteiger partial charge in [0.1, 0.15) is 29.1 Å². The molecule has 0 saturated carbocycles. The number of hydrogen-bond acceptors (Lipinski definition) is 6. The van der Waals surface area contributed by atoms with Crippen molar-refractivity contribution in [3.63, 3.8) is 0 Å². The number of nitrogens with zero attached hydrogens (tertiary/aromatic N) is 6. The predicted molar refractivity (Wildman–Crippen MR) is 99.3 cm³/mol. The van der Waals surface area contributed by atoms with Crippen molar-refractivity contribution in [3.8, 4) is 0 Å². The molecule has 4 heterocycles. The van der Waals surface area contributed by atoms with Gasteiger partial charge in [-0.05, 0) is 44.6 Å². The fourth-order valence-corrected chi connectivity index (χ4v) is 5.58. The van der Waals surface area contributed by atoms with E-state index >= 15 is 0 Å². The van der Waals surface area contributed by atoms with E-state index in [1.54, 1.807) is 6.33 Å². The van der Waals surface area contributed by atoms with Crippen LogP contribution in [0.2, 0.25) is 0 Å². The molecule has 7 heteroatoms. The number of hydrogen-bond donors (Lipinski definition) is 0. The van der Waals surface area contributed by atoms with Crippen molar-refractivity contribution < 1.29 is 0 Å². The first-order valence-corrected chi connectivity index (χ1v) is 10.0. The molecule has 130 valence electrons. The van der Waals surface area contributed by atoms with Gasteiger partial charge in [0.05, 0.1) is 5.39 Å². The highest BCUT2D eigenvalue weighted by atomic mass is 32.1. The van der Waals surface area contributed by atoms with Gasteiger partial charge in [0.15, 0.2) is 0 Å². The zero-order chi connectivity index (χ0) is 16.8. The van der Waals surface area contributed by atoms with Gasteiger partial charge in [-0.1, -0.05) is 0 Å². The first kappa shape index (κ1) is 15.3. The average Bonchev–Trinajstić information content (AvgIpc) is 3.36. The topological polar surface area (TPSA) is 59.7 Å². The Labute approximate surface area is 150 Å². The maximum Gasteiger partial charge on any atom is 0.141 e. The fraction of sp³-hybridized carbons (Fsp3) is 0.556. The summed E-state index contributed by atoms with van der Waals surface area (Å²) < 4.78 is 2.17. The van der Waals surface area contributed by atoms with Crippen molar-refractivity contribution in [1.29, 1.82) is 0 Å². The van der Waals surface area contributed by atoms with E-state index in [9.17, 15) is 0 Å². The summed E-state index contributed by atoms with van der Waals surface area (Å²) in [5.41, 5.74) is 1.51. The monoisotopic (exact) mass is 354 g/mol. The standard InChI is InChI=1S/C18H22N6S/c1-2-23-11-21-22-16(23)12-5-4-8-24(9-12)17-15-13-6-3-7-14(13)25-18(15)20-10-19-17/h10-12H,2-9H2,1H3/t12-/m1/s1. The number of anilines is 1. The lowest BCUT2D eigenvalue weighted by Gasteiger charge is -2.33. The van der Waals surface area contributed by atoms with Crippen LogP contribution < -0.4 is 4.90 Å². The van der Waals surface area contributed by atoms with E-state index in [-0.39, 0.29) is 0 Å². The molecule has 2 aliphatic rings. The molecule has 0 N–H and O–H groups in total. The molecular weight excluding hydrogens is 332 g/mol. The zero-order valence-electron chi connectivity index (χ0n) is 14.5. The van der Waals surface area contributed by atoms with E-state index in [1.807, 2.05) is 17.7 Å². The summed E-state index contributed by atoms with van der Waals surface area (Å²) in [6, 6.07) is 0. The third-order valence-corrected chi connectivity index (χ3v) is 6.75. The normalized spacial score (nSPS) is 20.4. The molecule has 0 aromatic carbocycles. The second-order valence-electron chi connectivity index (χ2n) is 7.00. The smallest absolute Gasteiger partial charge is 0.141 e. The van der Waals surface area contributed by atoms with Crippen LogP contribution in [0.15, 0.2) is 12.7 Å². The molecule has 6 nitrogen and oxygen atoms in total. The van der Waals surface area contributed by atoms with Crippen molar-refractivity contribution in [1.82, 2.24) is 24.7 Å². The van der Waals surface area contributed by atoms with Crippen LogP contribution in [-0.4, -0.2) is 37.8 Å². The summed E-state index contributed by atoms with van der Waals surface area (Å²) >= 11 is 1.86. The largest absolute Gasteiger partial charge is 0.355 e. The number of thiophene rings is 1. The Morgan fingerprint density at radius 3 is 3.12 bits per heavy atom. The summed E-state index contributed by atoms with van der Waals surface area (Å²) in [6.07, 6.45) is 9.58. The Morgan fingerprint density at radius 1 is 1.24 bits per heavy atom. The van der Waals surface area contributed by atoms with Gasteiger partial charge in [-0.3, -0.25) is 0 Å². The summed E-state index contributed by atoms with van der Waals surface area (Å²) in [6.45, 7) is 5.10. The molecule has 3 aromatic heterocycles. The molecule has 1 aliphatic carbocycles. The maximum atomic E-state index is 4.72. The van der Waals surface area contributed by atoms with Crippen LogP contribution in [-0.2, 0) is 19.4 Å². The summed E-state index contributed by atoms with van der Waals surface area (Å²) in [7, 11) is 0. The molecule has 5 rings (SSSR count). The minimum Gasteiger partial charge on any atom is -0.355 e. The molecule has 0 radical (unpaired) electrons. The molecular formula is C18H22N6S. The summed E-state index contributed by atoms with van der Waals surface area (Å²) in [5, 5.41) is 9.85. The lowest BCUT2D eigenvalue weighted by atomic mass is 9.96. The molecule has 0 spiro atoms. The number of aryl methyl sites for hydroxylation is 3. The molecule has 1 atom stereocenters. The second-order valence-corrected chi connectivity index (χ2v) is 8.08. The van der Waals surface area contributed by atoms with E-state index < -0.39 is 0 Å². The Kier molecular flexibility index (Phi) is 3.69. The van der Waals surface area contributed by atoms with Crippen LogP contribution in [0.25, 0.3) is 10.2 Å². The van der Waals surface area contributed by atoms with Crippen LogP contribution in [0.4, 0.5) is 5.82 Å². The quantitative estimate of drug-likeness (QED) is 0.723. The Bertz CT molecular complexity index is 914. The molecule has 3 aromatic rings. The van der Waals surface area contributed by atoms with Gasteiger partial charge in [0, 0.05) is 30.4 Å². The lowest BCUT2D eigenvalue weighted by molar-refractivity contribution is 0.471. The van der Waals surface area contributed by atoms with E-state index in [0.29, 0.717) is 5.92 Å². The number of fused-ring (bicyclic) bond motifs is 3. The molecule has 0 amide bonds. The molecule has 1 fully saturated rings. The second kappa shape index (κ2) is 6.05. The zero-order valence-corrected chi connectivity index (χ0v) is 15.3. The number of aromatic nitrogens is 5. The van der Waals surface area contributed by atoms with Crippen LogP contribution in [0.1, 0.15) is 48.4 Å². The Balaban J connectivity index is 1.52. The van der Waals surface area contributed by atoms with Gasteiger partial charge in [0.25, 0.3) is 0 Å². The van der Waals surface area contributed by atoms with Crippen molar-refractivity contribution >= 4 is 27.4 Å². The lowest BCUT2D eigenvalue weighted by Crippen LogP contribution is -2.36. The van der Waals surface area contributed by atoms with E-state index in [2.05, 4.69) is 31.6 Å². The Hall–Kier alpha value is -2.02. The van der Waals surface area contributed by atoms with Crippen LogP contribution in [0.3, 0.4) is 0 Å². The summed E-state index contributed by atoms with van der Waals surface area (Å²) in [5.74, 6) is 2.68. The minimum absolute atomic E-state index is 0.424. The molecule has 1 aliphatic heterocycles. The Morgan fingerprint density at radius 2 is 2.20 bits per heavy atom. The van der Waals surface area contributed by atoms with Gasteiger partial charge < -0.3 is 9.47 Å². The number of rotatable bonds is 3. The average molecular weight is 354 g/mol. The highest BCUT2D eigenvalue weighted by Crippen LogP contribution is 2.41. The van der Waals surface area contributed by atoms with Gasteiger partial charge in [0.2, 0.25) is 0 Å². The van der Waals surface area contributed by atoms with Gasteiger partial charge >= 0.3 is 0 Å². The highest BCUT2D eigenvalue weighted by molar-refractivity contribution is 7.19. The van der Waals surface area contributed by atoms with Crippen molar-refractivity contribution in [2.45, 2.75) is 51.5 Å².